The van der Waals surface area contributed by atoms with Crippen LogP contribution in [-0.4, -0.2) is 42.8 Å². The van der Waals surface area contributed by atoms with Gasteiger partial charge in [-0.15, -0.1) is 0 Å². The van der Waals surface area contributed by atoms with Gasteiger partial charge in [0, 0.05) is 18.8 Å². The molecule has 0 bridgehead atoms. The van der Waals surface area contributed by atoms with Crippen LogP contribution in [0.1, 0.15) is 39.5 Å². The van der Waals surface area contributed by atoms with Gasteiger partial charge in [0.25, 0.3) is 0 Å². The van der Waals surface area contributed by atoms with Crippen LogP contribution in [-0.2, 0) is 19.6 Å². The number of carboxylic acids is 1. The monoisotopic (exact) mass is 382 g/mol. The highest BCUT2D eigenvalue weighted by molar-refractivity contribution is 7.89. The summed E-state index contributed by atoms with van der Waals surface area (Å²) in [7, 11) is -3.54. The highest BCUT2D eigenvalue weighted by Crippen LogP contribution is 2.31. The van der Waals surface area contributed by atoms with Gasteiger partial charge in [0.1, 0.15) is 0 Å². The van der Waals surface area contributed by atoms with E-state index in [4.69, 9.17) is 0 Å². The molecule has 7 nitrogen and oxygen atoms in total. The van der Waals surface area contributed by atoms with Crippen LogP contribution in [0.15, 0.2) is 29.2 Å². The standard InChI is InChI=1S/C18H26N2O5S/c1-3-20(4-2)26(24,25)14-11-9-13(10-12-14)19-17(21)15-7-5-6-8-16(15)18(22)23/h9-12,15-16H,3-8H2,1-2H3,(H,19,21)(H,22,23)/t15?,16-/m0/s1. The number of aliphatic carboxylic acids is 1. The van der Waals surface area contributed by atoms with Crippen molar-refractivity contribution in [2.75, 3.05) is 18.4 Å². The number of carbonyl (C=O) groups is 2. The first-order valence-corrected chi connectivity index (χ1v) is 10.4. The molecule has 0 aromatic heterocycles. The number of nitrogens with one attached hydrogen (secondary N) is 1. The summed E-state index contributed by atoms with van der Waals surface area (Å²) in [5.74, 6) is -2.48. The quantitative estimate of drug-likeness (QED) is 0.754. The van der Waals surface area contributed by atoms with E-state index in [2.05, 4.69) is 5.32 Å². The molecule has 0 spiro atoms. The van der Waals surface area contributed by atoms with Gasteiger partial charge in [-0.3, -0.25) is 9.59 Å². The Balaban J connectivity index is 2.11. The smallest absolute Gasteiger partial charge is 0.307 e. The van der Waals surface area contributed by atoms with Crippen molar-refractivity contribution < 1.29 is 23.1 Å². The SMILES string of the molecule is CCN(CC)S(=O)(=O)c1ccc(NC(=O)C2CCCC[C@@H]2C(=O)O)cc1. The number of anilines is 1. The minimum Gasteiger partial charge on any atom is -0.481 e. The van der Waals surface area contributed by atoms with Gasteiger partial charge in [-0.1, -0.05) is 26.7 Å². The molecule has 2 rings (SSSR count). The maximum absolute atomic E-state index is 12.5. The van der Waals surface area contributed by atoms with Crippen LogP contribution in [0.3, 0.4) is 0 Å². The summed E-state index contributed by atoms with van der Waals surface area (Å²) in [5.41, 5.74) is 0.461. The Hall–Kier alpha value is -1.93. The summed E-state index contributed by atoms with van der Waals surface area (Å²) < 4.78 is 26.3. The number of hydrogen-bond donors (Lipinski definition) is 2. The Kier molecular flexibility index (Phi) is 6.77. The summed E-state index contributed by atoms with van der Waals surface area (Å²) in [6, 6.07) is 5.98. The predicted molar refractivity (Wildman–Crippen MR) is 98.3 cm³/mol. The third kappa shape index (κ3) is 4.42. The first kappa shape index (κ1) is 20.4. The lowest BCUT2D eigenvalue weighted by Crippen LogP contribution is -2.36. The first-order valence-electron chi connectivity index (χ1n) is 8.95. The van der Waals surface area contributed by atoms with Crippen molar-refractivity contribution in [2.24, 2.45) is 11.8 Å². The second-order valence-corrected chi connectivity index (χ2v) is 8.38. The Morgan fingerprint density at radius 1 is 1.08 bits per heavy atom. The zero-order valence-corrected chi connectivity index (χ0v) is 16.0. The van der Waals surface area contributed by atoms with Crippen molar-refractivity contribution in [1.29, 1.82) is 0 Å². The number of carbonyl (C=O) groups excluding carboxylic acids is 1. The molecule has 2 atom stereocenters. The lowest BCUT2D eigenvalue weighted by Gasteiger charge is -2.27. The van der Waals surface area contributed by atoms with Crippen molar-refractivity contribution in [3.63, 3.8) is 0 Å². The van der Waals surface area contributed by atoms with Crippen molar-refractivity contribution in [2.45, 2.75) is 44.4 Å². The maximum Gasteiger partial charge on any atom is 0.307 e. The van der Waals surface area contributed by atoms with Gasteiger partial charge in [0.2, 0.25) is 15.9 Å². The van der Waals surface area contributed by atoms with Gasteiger partial charge in [0.05, 0.1) is 16.7 Å². The average molecular weight is 382 g/mol. The fourth-order valence-electron chi connectivity index (χ4n) is 3.40. The highest BCUT2D eigenvalue weighted by Gasteiger charge is 2.35. The van der Waals surface area contributed by atoms with Crippen LogP contribution in [0, 0.1) is 11.8 Å². The van der Waals surface area contributed by atoms with Crippen LogP contribution < -0.4 is 5.32 Å². The molecule has 26 heavy (non-hydrogen) atoms. The zero-order valence-electron chi connectivity index (χ0n) is 15.1. The molecule has 0 aliphatic heterocycles. The minimum absolute atomic E-state index is 0.167. The highest BCUT2D eigenvalue weighted by atomic mass is 32.2. The van der Waals surface area contributed by atoms with Gasteiger partial charge < -0.3 is 10.4 Å². The van der Waals surface area contributed by atoms with E-state index >= 15 is 0 Å². The fourth-order valence-corrected chi connectivity index (χ4v) is 4.86. The van der Waals surface area contributed by atoms with E-state index in [0.29, 0.717) is 31.6 Å². The van der Waals surface area contributed by atoms with Crippen LogP contribution in [0.5, 0.6) is 0 Å². The molecule has 0 saturated heterocycles. The first-order chi connectivity index (χ1) is 12.3. The summed E-state index contributed by atoms with van der Waals surface area (Å²) in [4.78, 5) is 24.0. The summed E-state index contributed by atoms with van der Waals surface area (Å²) in [5, 5.41) is 12.0. The number of nitrogens with zero attached hydrogens (tertiary/aromatic N) is 1. The Bertz CT molecular complexity index is 741. The molecule has 0 radical (unpaired) electrons. The topological polar surface area (TPSA) is 104 Å². The van der Waals surface area contributed by atoms with Gasteiger partial charge in [-0.2, -0.15) is 4.31 Å². The average Bonchev–Trinajstić information content (AvgIpc) is 2.63. The van der Waals surface area contributed by atoms with Gasteiger partial charge in [-0.25, -0.2) is 8.42 Å². The second kappa shape index (κ2) is 8.64. The lowest BCUT2D eigenvalue weighted by atomic mass is 9.78. The maximum atomic E-state index is 12.5. The lowest BCUT2D eigenvalue weighted by molar-refractivity contribution is -0.147. The summed E-state index contributed by atoms with van der Waals surface area (Å²) in [6.45, 7) is 4.32. The van der Waals surface area contributed by atoms with E-state index in [1.54, 1.807) is 13.8 Å². The molecule has 1 fully saturated rings. The predicted octanol–water partition coefficient (Wildman–Crippen LogP) is 2.55. The third-order valence-electron chi connectivity index (χ3n) is 4.88. The number of benzene rings is 1. The number of sulfonamides is 1. The molecule has 1 unspecified atom stereocenters. The molecule has 8 heteroatoms. The molecule has 1 aliphatic carbocycles. The van der Waals surface area contributed by atoms with Crippen molar-refractivity contribution in [3.05, 3.63) is 24.3 Å². The van der Waals surface area contributed by atoms with E-state index in [9.17, 15) is 23.1 Å². The summed E-state index contributed by atoms with van der Waals surface area (Å²) >= 11 is 0. The Morgan fingerprint density at radius 2 is 1.62 bits per heavy atom. The Labute approximate surface area is 154 Å². The molecule has 1 aromatic carbocycles. The Morgan fingerprint density at radius 3 is 2.12 bits per heavy atom. The third-order valence-corrected chi connectivity index (χ3v) is 6.95. The molecular weight excluding hydrogens is 356 g/mol. The normalized spacial score (nSPS) is 20.7. The second-order valence-electron chi connectivity index (χ2n) is 6.44. The number of hydrogen-bond acceptors (Lipinski definition) is 4. The fraction of sp³-hybridized carbons (Fsp3) is 0.556. The van der Waals surface area contributed by atoms with Crippen molar-refractivity contribution >= 4 is 27.6 Å². The van der Waals surface area contributed by atoms with Gasteiger partial charge in [-0.05, 0) is 37.1 Å². The summed E-state index contributed by atoms with van der Waals surface area (Å²) in [6.07, 6.45) is 2.72. The molecule has 1 amide bonds. The van der Waals surface area contributed by atoms with Gasteiger partial charge in [0.15, 0.2) is 0 Å². The molecular formula is C18H26N2O5S. The van der Waals surface area contributed by atoms with Crippen molar-refractivity contribution in [1.82, 2.24) is 4.31 Å². The molecule has 144 valence electrons. The molecule has 1 aliphatic rings. The van der Waals surface area contributed by atoms with E-state index in [1.165, 1.54) is 28.6 Å². The largest absolute Gasteiger partial charge is 0.481 e. The van der Waals surface area contributed by atoms with Crippen LogP contribution in [0.25, 0.3) is 0 Å². The van der Waals surface area contributed by atoms with Crippen molar-refractivity contribution in [3.8, 4) is 0 Å². The van der Waals surface area contributed by atoms with Gasteiger partial charge >= 0.3 is 5.97 Å². The molecule has 1 saturated carbocycles. The van der Waals surface area contributed by atoms with E-state index < -0.39 is 27.8 Å². The minimum atomic E-state index is -3.54. The van der Waals surface area contributed by atoms with Crippen LogP contribution >= 0.6 is 0 Å². The molecule has 0 heterocycles. The van der Waals surface area contributed by atoms with Crippen LogP contribution in [0.2, 0.25) is 0 Å². The number of amides is 1. The number of rotatable bonds is 7. The van der Waals surface area contributed by atoms with Crippen LogP contribution in [0.4, 0.5) is 5.69 Å². The molecule has 1 aromatic rings. The van der Waals surface area contributed by atoms with E-state index in [-0.39, 0.29) is 10.8 Å². The van der Waals surface area contributed by atoms with E-state index in [0.717, 1.165) is 12.8 Å². The number of carboxylic acid groups (broad SMARTS) is 1. The zero-order chi connectivity index (χ0) is 19.3. The van der Waals surface area contributed by atoms with E-state index in [1.807, 2.05) is 0 Å². The molecule has 2 N–H and O–H groups in total.